The van der Waals surface area contributed by atoms with Crippen molar-refractivity contribution in [2.24, 2.45) is 5.92 Å². The molecule has 0 spiro atoms. The van der Waals surface area contributed by atoms with Crippen LogP contribution in [0.25, 0.3) is 0 Å². The van der Waals surface area contributed by atoms with Gasteiger partial charge in [-0.2, -0.15) is 0 Å². The molecule has 0 bridgehead atoms. The maximum Gasteiger partial charge on any atom is 0.0563 e. The molecule has 0 unspecified atom stereocenters. The minimum atomic E-state index is -0.0833. The zero-order valence-corrected chi connectivity index (χ0v) is 6.02. The first-order chi connectivity index (χ1) is 3.68. The van der Waals surface area contributed by atoms with Gasteiger partial charge in [0.2, 0.25) is 0 Å². The van der Waals surface area contributed by atoms with E-state index in [-0.39, 0.29) is 6.10 Å². The van der Waals surface area contributed by atoms with E-state index in [1.54, 1.807) is 0 Å². The monoisotopic (exact) mass is 116 g/mol. The third-order valence-corrected chi connectivity index (χ3v) is 1.35. The van der Waals surface area contributed by atoms with E-state index in [0.717, 1.165) is 12.8 Å². The Bertz CT molecular complexity index is 50.3. The Balaban J connectivity index is 3.17. The van der Waals surface area contributed by atoms with Crippen molar-refractivity contribution < 1.29 is 5.11 Å². The summed E-state index contributed by atoms with van der Waals surface area (Å²) < 4.78 is 0. The molecule has 0 saturated carbocycles. The van der Waals surface area contributed by atoms with Gasteiger partial charge in [0.25, 0.3) is 0 Å². The highest BCUT2D eigenvalue weighted by atomic mass is 16.3. The van der Waals surface area contributed by atoms with Crippen LogP contribution in [0.1, 0.15) is 33.6 Å². The lowest BCUT2D eigenvalue weighted by atomic mass is 10.0. The van der Waals surface area contributed by atoms with Gasteiger partial charge in [0.1, 0.15) is 0 Å². The van der Waals surface area contributed by atoms with Gasteiger partial charge in [-0.1, -0.05) is 27.2 Å². The molecule has 1 N–H and O–H groups in total. The van der Waals surface area contributed by atoms with E-state index in [9.17, 15) is 0 Å². The molecule has 8 heavy (non-hydrogen) atoms. The van der Waals surface area contributed by atoms with Gasteiger partial charge in [-0.15, -0.1) is 0 Å². The Morgan fingerprint density at radius 3 is 2.00 bits per heavy atom. The maximum atomic E-state index is 9.13. The Morgan fingerprint density at radius 2 is 1.88 bits per heavy atom. The lowest BCUT2D eigenvalue weighted by Crippen LogP contribution is -2.13. The largest absolute Gasteiger partial charge is 0.393 e. The summed E-state index contributed by atoms with van der Waals surface area (Å²) in [6, 6.07) is 0. The number of rotatable bonds is 3. The molecule has 1 atom stereocenters. The van der Waals surface area contributed by atoms with Gasteiger partial charge in [-0.05, 0) is 12.3 Å². The highest BCUT2D eigenvalue weighted by molar-refractivity contribution is 4.57. The van der Waals surface area contributed by atoms with Crippen molar-refractivity contribution in [3.63, 3.8) is 0 Å². The topological polar surface area (TPSA) is 20.2 Å². The van der Waals surface area contributed by atoms with Crippen LogP contribution in [0.2, 0.25) is 0 Å². The van der Waals surface area contributed by atoms with E-state index < -0.39 is 0 Å². The first-order valence-corrected chi connectivity index (χ1v) is 3.36. The average Bonchev–Trinajstić information content (AvgIpc) is 1.67. The third-order valence-electron chi connectivity index (χ3n) is 1.35. The van der Waals surface area contributed by atoms with Crippen molar-refractivity contribution in [3.05, 3.63) is 0 Å². The van der Waals surface area contributed by atoms with Crippen molar-refractivity contribution in [3.8, 4) is 0 Å². The maximum absolute atomic E-state index is 9.13. The fourth-order valence-electron chi connectivity index (χ4n) is 0.629. The Kier molecular flexibility index (Phi) is 3.88. The van der Waals surface area contributed by atoms with Crippen LogP contribution in [0.15, 0.2) is 0 Å². The normalized spacial score (nSPS) is 14.6. The summed E-state index contributed by atoms with van der Waals surface area (Å²) in [5.41, 5.74) is 0. The highest BCUT2D eigenvalue weighted by Gasteiger charge is 2.05. The molecule has 0 amide bonds. The smallest absolute Gasteiger partial charge is 0.0563 e. The average molecular weight is 116 g/mol. The lowest BCUT2D eigenvalue weighted by Gasteiger charge is -2.11. The molecule has 1 nitrogen and oxygen atoms in total. The molecular weight excluding hydrogens is 100 g/mol. The van der Waals surface area contributed by atoms with Crippen molar-refractivity contribution in [2.45, 2.75) is 39.7 Å². The lowest BCUT2D eigenvalue weighted by molar-refractivity contribution is 0.115. The van der Waals surface area contributed by atoms with Gasteiger partial charge < -0.3 is 5.11 Å². The predicted molar refractivity (Wildman–Crippen MR) is 35.8 cm³/mol. The molecule has 0 aliphatic carbocycles. The first-order valence-electron chi connectivity index (χ1n) is 3.36. The van der Waals surface area contributed by atoms with Crippen molar-refractivity contribution in [2.75, 3.05) is 0 Å². The summed E-state index contributed by atoms with van der Waals surface area (Å²) in [6.07, 6.45) is 1.94. The molecule has 1 heteroatoms. The molecule has 0 fully saturated rings. The molecule has 0 aliphatic rings. The SMILES string of the molecule is CCC[C@H](O)C(C)C. The molecule has 50 valence electrons. The van der Waals surface area contributed by atoms with Gasteiger partial charge in [-0.3, -0.25) is 0 Å². The minimum absolute atomic E-state index is 0.0833. The molecule has 0 aromatic carbocycles. The highest BCUT2D eigenvalue weighted by Crippen LogP contribution is 2.06. The molecule has 0 saturated heterocycles. The molecule has 0 aromatic rings. The Hall–Kier alpha value is -0.0400. The van der Waals surface area contributed by atoms with Gasteiger partial charge in [-0.25, -0.2) is 0 Å². The minimum Gasteiger partial charge on any atom is -0.393 e. The van der Waals surface area contributed by atoms with Crippen LogP contribution in [-0.2, 0) is 0 Å². The van der Waals surface area contributed by atoms with Crippen LogP contribution >= 0.6 is 0 Å². The summed E-state index contributed by atoms with van der Waals surface area (Å²) in [7, 11) is 0. The van der Waals surface area contributed by atoms with Crippen LogP contribution < -0.4 is 0 Å². The molecule has 0 aliphatic heterocycles. The summed E-state index contributed by atoms with van der Waals surface area (Å²) in [6.45, 7) is 6.17. The number of hydrogen-bond donors (Lipinski definition) is 1. The van der Waals surface area contributed by atoms with Gasteiger partial charge in [0.15, 0.2) is 0 Å². The molecule has 0 radical (unpaired) electrons. The van der Waals surface area contributed by atoms with Crippen LogP contribution in [0.3, 0.4) is 0 Å². The Labute approximate surface area is 51.7 Å². The second-order valence-corrected chi connectivity index (χ2v) is 2.60. The van der Waals surface area contributed by atoms with E-state index in [0.29, 0.717) is 5.92 Å². The second-order valence-electron chi connectivity index (χ2n) is 2.60. The summed E-state index contributed by atoms with van der Waals surface area (Å²) in [5, 5.41) is 9.13. The zero-order valence-electron chi connectivity index (χ0n) is 6.02. The van der Waals surface area contributed by atoms with Gasteiger partial charge in [0, 0.05) is 0 Å². The molecular formula is C7H16O. The Morgan fingerprint density at radius 1 is 1.38 bits per heavy atom. The number of aliphatic hydroxyl groups is 1. The second kappa shape index (κ2) is 3.90. The fraction of sp³-hybridized carbons (Fsp3) is 1.00. The standard InChI is InChI=1S/C7H16O/c1-4-5-7(8)6(2)3/h6-8H,4-5H2,1-3H3/t7-/m0/s1. The van der Waals surface area contributed by atoms with E-state index in [2.05, 4.69) is 6.92 Å². The zero-order chi connectivity index (χ0) is 6.57. The molecule has 0 heterocycles. The predicted octanol–water partition coefficient (Wildman–Crippen LogP) is 1.80. The van der Waals surface area contributed by atoms with Gasteiger partial charge in [0.05, 0.1) is 6.10 Å². The summed E-state index contributed by atoms with van der Waals surface area (Å²) in [4.78, 5) is 0. The number of aliphatic hydroxyl groups excluding tert-OH is 1. The number of hydrogen-bond acceptors (Lipinski definition) is 1. The first kappa shape index (κ1) is 7.96. The van der Waals surface area contributed by atoms with Crippen LogP contribution in [0.5, 0.6) is 0 Å². The van der Waals surface area contributed by atoms with Crippen molar-refractivity contribution >= 4 is 0 Å². The summed E-state index contributed by atoms with van der Waals surface area (Å²) >= 11 is 0. The van der Waals surface area contributed by atoms with Crippen LogP contribution in [-0.4, -0.2) is 11.2 Å². The van der Waals surface area contributed by atoms with E-state index in [1.807, 2.05) is 13.8 Å². The summed E-state index contributed by atoms with van der Waals surface area (Å²) in [5.74, 6) is 0.426. The van der Waals surface area contributed by atoms with Crippen molar-refractivity contribution in [1.82, 2.24) is 0 Å². The molecule has 0 rings (SSSR count). The van der Waals surface area contributed by atoms with E-state index in [1.165, 1.54) is 0 Å². The third kappa shape index (κ3) is 3.03. The quantitative estimate of drug-likeness (QED) is 0.596. The van der Waals surface area contributed by atoms with Crippen LogP contribution in [0, 0.1) is 5.92 Å². The van der Waals surface area contributed by atoms with Crippen molar-refractivity contribution in [1.29, 1.82) is 0 Å². The van der Waals surface area contributed by atoms with Gasteiger partial charge >= 0.3 is 0 Å². The van der Waals surface area contributed by atoms with E-state index in [4.69, 9.17) is 5.11 Å². The van der Waals surface area contributed by atoms with E-state index >= 15 is 0 Å². The fourth-order valence-corrected chi connectivity index (χ4v) is 0.629. The molecule has 0 aromatic heterocycles. The van der Waals surface area contributed by atoms with Crippen LogP contribution in [0.4, 0.5) is 0 Å².